The molecule has 3 heterocycles. The summed E-state index contributed by atoms with van der Waals surface area (Å²) in [5.41, 5.74) is 3.25. The van der Waals surface area contributed by atoms with E-state index in [1.165, 1.54) is 5.57 Å². The van der Waals surface area contributed by atoms with Crippen molar-refractivity contribution in [2.24, 2.45) is 5.41 Å². The van der Waals surface area contributed by atoms with Crippen molar-refractivity contribution in [2.75, 3.05) is 32.8 Å². The van der Waals surface area contributed by atoms with Gasteiger partial charge in [-0.05, 0) is 79.6 Å². The van der Waals surface area contributed by atoms with Crippen molar-refractivity contribution in [2.45, 2.75) is 44.1 Å². The van der Waals surface area contributed by atoms with E-state index in [1.807, 2.05) is 48.5 Å². The van der Waals surface area contributed by atoms with Crippen LogP contribution in [0.2, 0.25) is 5.02 Å². The first-order chi connectivity index (χ1) is 19.0. The van der Waals surface area contributed by atoms with Gasteiger partial charge in [0.1, 0.15) is 11.5 Å². The lowest BCUT2D eigenvalue weighted by Gasteiger charge is -2.38. The Labute approximate surface area is 234 Å². The number of aliphatic hydroxyl groups is 2. The molecule has 2 aliphatic heterocycles. The molecule has 3 aliphatic rings. The van der Waals surface area contributed by atoms with Crippen molar-refractivity contribution in [3.63, 3.8) is 0 Å². The number of allylic oxidation sites excluding steroid dienone is 1. The average molecular weight is 547 g/mol. The van der Waals surface area contributed by atoms with Gasteiger partial charge >= 0.3 is 0 Å². The molecule has 0 spiro atoms. The molecule has 0 bridgehead atoms. The van der Waals surface area contributed by atoms with E-state index in [-0.39, 0.29) is 12.0 Å². The Kier molecular flexibility index (Phi) is 7.38. The van der Waals surface area contributed by atoms with Gasteiger partial charge in [-0.1, -0.05) is 35.9 Å². The van der Waals surface area contributed by atoms with Crippen LogP contribution < -0.4 is 9.47 Å². The van der Waals surface area contributed by atoms with Crippen molar-refractivity contribution in [3.8, 4) is 17.4 Å². The molecular formula is C32H35ClN2O4. The van der Waals surface area contributed by atoms with E-state index in [0.717, 1.165) is 67.1 Å². The molecule has 6 nitrogen and oxygen atoms in total. The van der Waals surface area contributed by atoms with Gasteiger partial charge < -0.3 is 24.6 Å². The smallest absolute Gasteiger partial charge is 0.226 e. The minimum atomic E-state index is -0.794. The molecule has 0 atom stereocenters. The summed E-state index contributed by atoms with van der Waals surface area (Å²) in [6, 6.07) is 17.5. The van der Waals surface area contributed by atoms with E-state index in [9.17, 15) is 10.2 Å². The molecule has 3 aromatic rings. The molecule has 2 aromatic carbocycles. The third kappa shape index (κ3) is 5.71. The summed E-state index contributed by atoms with van der Waals surface area (Å²) in [5.74, 6) is 2.19. The van der Waals surface area contributed by atoms with Crippen LogP contribution in [0, 0.1) is 5.41 Å². The highest BCUT2D eigenvalue weighted by Gasteiger charge is 2.43. The zero-order valence-electron chi connectivity index (χ0n) is 22.1. The summed E-state index contributed by atoms with van der Waals surface area (Å²) in [6.45, 7) is 3.28. The lowest BCUT2D eigenvalue weighted by Crippen LogP contribution is -2.42. The Morgan fingerprint density at radius 3 is 2.56 bits per heavy atom. The van der Waals surface area contributed by atoms with E-state index in [2.05, 4.69) is 22.0 Å². The number of hydrogen-bond acceptors (Lipinski definition) is 6. The number of hydrogen-bond donors (Lipinski definition) is 2. The first-order valence-corrected chi connectivity index (χ1v) is 14.2. The van der Waals surface area contributed by atoms with Crippen molar-refractivity contribution in [3.05, 3.63) is 88.6 Å². The van der Waals surface area contributed by atoms with Gasteiger partial charge in [-0.2, -0.15) is 0 Å². The number of nitrogens with zero attached hydrogens (tertiary/aromatic N) is 2. The number of likely N-dealkylation sites (tertiary alicyclic amines) is 1. The van der Waals surface area contributed by atoms with Crippen LogP contribution in [0.25, 0.3) is 5.57 Å². The molecule has 1 saturated heterocycles. The zero-order valence-corrected chi connectivity index (χ0v) is 22.9. The standard InChI is InChI=1S/C32H35ClN2O4/c33-25-10-8-24(9-11-25)32(37)14-18-35(19-15-32)17-3-4-23-20-27-28(38-22-31(21-36)12-13-31)6-1-7-29(27)39-30-26(23)5-2-16-34-30/h1-2,4-11,16,36-37H,3,12-15,17-22H2/b23-4-. The summed E-state index contributed by atoms with van der Waals surface area (Å²) in [5, 5.41) is 21.6. The van der Waals surface area contributed by atoms with Gasteiger partial charge in [0.15, 0.2) is 0 Å². The highest BCUT2D eigenvalue weighted by molar-refractivity contribution is 6.30. The Bertz CT molecular complexity index is 1340. The molecule has 1 aliphatic carbocycles. The molecule has 204 valence electrons. The molecule has 6 rings (SSSR count). The van der Waals surface area contributed by atoms with Crippen LogP contribution in [0.1, 0.15) is 48.8 Å². The minimum Gasteiger partial charge on any atom is -0.492 e. The first kappa shape index (κ1) is 26.3. The molecule has 2 N–H and O–H groups in total. The second-order valence-corrected chi connectivity index (χ2v) is 11.6. The number of pyridine rings is 1. The normalized spacial score (nSPS) is 20.4. The molecule has 39 heavy (non-hydrogen) atoms. The number of halogens is 1. The maximum absolute atomic E-state index is 11.2. The quantitative estimate of drug-likeness (QED) is 0.361. The first-order valence-electron chi connectivity index (χ1n) is 13.9. The molecular weight excluding hydrogens is 512 g/mol. The monoisotopic (exact) mass is 546 g/mol. The van der Waals surface area contributed by atoms with Gasteiger partial charge in [0.25, 0.3) is 0 Å². The minimum absolute atomic E-state index is 0.0916. The van der Waals surface area contributed by atoms with Crippen LogP contribution in [0.4, 0.5) is 0 Å². The fourth-order valence-electron chi connectivity index (χ4n) is 5.61. The van der Waals surface area contributed by atoms with E-state index in [0.29, 0.717) is 36.8 Å². The lowest BCUT2D eigenvalue weighted by molar-refractivity contribution is -0.0254. The average Bonchev–Trinajstić information content (AvgIpc) is 3.76. The fraction of sp³-hybridized carbons (Fsp3) is 0.406. The number of aliphatic hydroxyl groups excluding tert-OH is 1. The second-order valence-electron chi connectivity index (χ2n) is 11.2. The van der Waals surface area contributed by atoms with Crippen molar-refractivity contribution >= 4 is 17.2 Å². The van der Waals surface area contributed by atoms with E-state index in [4.69, 9.17) is 21.1 Å². The van der Waals surface area contributed by atoms with Crippen LogP contribution in [0.5, 0.6) is 17.4 Å². The third-order valence-electron chi connectivity index (χ3n) is 8.51. The highest BCUT2D eigenvalue weighted by Crippen LogP contribution is 2.47. The number of ether oxygens (including phenoxy) is 2. The predicted octanol–water partition coefficient (Wildman–Crippen LogP) is 5.99. The Balaban J connectivity index is 1.15. The molecule has 1 aromatic heterocycles. The van der Waals surface area contributed by atoms with Crippen LogP contribution in [-0.2, 0) is 12.0 Å². The number of aromatic nitrogens is 1. The predicted molar refractivity (Wildman–Crippen MR) is 152 cm³/mol. The van der Waals surface area contributed by atoms with E-state index in [1.54, 1.807) is 6.20 Å². The number of fused-ring (bicyclic) bond motifs is 2. The number of rotatable bonds is 8. The molecule has 0 radical (unpaired) electrons. The fourth-order valence-corrected chi connectivity index (χ4v) is 5.74. The van der Waals surface area contributed by atoms with Gasteiger partial charge in [-0.15, -0.1) is 0 Å². The van der Waals surface area contributed by atoms with Crippen molar-refractivity contribution in [1.29, 1.82) is 0 Å². The summed E-state index contributed by atoms with van der Waals surface area (Å²) < 4.78 is 12.5. The van der Waals surface area contributed by atoms with Crippen LogP contribution >= 0.6 is 11.6 Å². The summed E-state index contributed by atoms with van der Waals surface area (Å²) in [6.07, 6.45) is 9.04. The maximum Gasteiger partial charge on any atom is 0.226 e. The van der Waals surface area contributed by atoms with Gasteiger partial charge in [-0.3, -0.25) is 0 Å². The van der Waals surface area contributed by atoms with Crippen LogP contribution in [0.15, 0.2) is 66.9 Å². The van der Waals surface area contributed by atoms with E-state index >= 15 is 0 Å². The molecule has 1 saturated carbocycles. The topological polar surface area (TPSA) is 75.1 Å². The molecule has 7 heteroatoms. The molecule has 2 fully saturated rings. The largest absolute Gasteiger partial charge is 0.492 e. The van der Waals surface area contributed by atoms with E-state index < -0.39 is 5.60 Å². The highest BCUT2D eigenvalue weighted by atomic mass is 35.5. The van der Waals surface area contributed by atoms with Crippen LogP contribution in [0.3, 0.4) is 0 Å². The Hall–Kier alpha value is -2.90. The van der Waals surface area contributed by atoms with Crippen molar-refractivity contribution in [1.82, 2.24) is 9.88 Å². The Morgan fingerprint density at radius 2 is 1.82 bits per heavy atom. The molecule has 0 amide bonds. The second kappa shape index (κ2) is 10.9. The number of piperidine rings is 1. The van der Waals surface area contributed by atoms with Gasteiger partial charge in [0.2, 0.25) is 5.88 Å². The lowest BCUT2D eigenvalue weighted by atomic mass is 9.84. The third-order valence-corrected chi connectivity index (χ3v) is 8.76. The van der Waals surface area contributed by atoms with Gasteiger partial charge in [-0.25, -0.2) is 4.98 Å². The van der Waals surface area contributed by atoms with Gasteiger partial charge in [0.05, 0.1) is 18.8 Å². The summed E-state index contributed by atoms with van der Waals surface area (Å²) >= 11 is 6.04. The van der Waals surface area contributed by atoms with Gasteiger partial charge in [0, 0.05) is 53.8 Å². The zero-order chi connectivity index (χ0) is 26.9. The SMILES string of the molecule is OCC1(COc2cccc3c2C/C(=C/CCN2CCC(O)(c4ccc(Cl)cc4)CC2)c2cccnc2O3)CC1. The summed E-state index contributed by atoms with van der Waals surface area (Å²) in [7, 11) is 0. The Morgan fingerprint density at radius 1 is 1.03 bits per heavy atom. The maximum atomic E-state index is 11.2. The van der Waals surface area contributed by atoms with Crippen LogP contribution in [-0.4, -0.2) is 52.9 Å². The number of benzene rings is 2. The summed E-state index contributed by atoms with van der Waals surface area (Å²) in [4.78, 5) is 6.95. The molecule has 0 unspecified atom stereocenters. The van der Waals surface area contributed by atoms with Crippen molar-refractivity contribution < 1.29 is 19.7 Å².